The van der Waals surface area contributed by atoms with Gasteiger partial charge in [-0.05, 0) is 53.8 Å². The van der Waals surface area contributed by atoms with Crippen LogP contribution in [0.5, 0.6) is 0 Å². The maximum atomic E-state index is 3.57. The number of rotatable bonds is 9. The fraction of sp³-hybridized carbons (Fsp3) is 0.500. The lowest BCUT2D eigenvalue weighted by Gasteiger charge is -2.04. The minimum absolute atomic E-state index is 1.01. The Hall–Kier alpha value is -0.510. The molecule has 2 aromatic rings. The lowest BCUT2D eigenvalue weighted by molar-refractivity contribution is 0.601. The molecule has 0 aliphatic rings. The lowest BCUT2D eigenvalue weighted by Crippen LogP contribution is -2.14. The van der Waals surface area contributed by atoms with Crippen LogP contribution in [0.3, 0.4) is 0 Å². The van der Waals surface area contributed by atoms with Crippen LogP contribution in [0.1, 0.15) is 31.2 Å². The summed E-state index contributed by atoms with van der Waals surface area (Å²) in [5, 5.41) is 7.28. The van der Waals surface area contributed by atoms with E-state index in [9.17, 15) is 0 Å². The first-order valence-electron chi connectivity index (χ1n) is 7.06. The molecule has 0 spiro atoms. The molecule has 0 aliphatic heterocycles. The molecule has 0 saturated heterocycles. The van der Waals surface area contributed by atoms with Gasteiger partial charge in [-0.25, -0.2) is 0 Å². The third-order valence-electron chi connectivity index (χ3n) is 3.33. The van der Waals surface area contributed by atoms with E-state index in [0.29, 0.717) is 0 Å². The average molecular weight is 294 g/mol. The Bertz CT molecular complexity index is 478. The smallest absolute Gasteiger partial charge is 0.0346 e. The van der Waals surface area contributed by atoms with E-state index in [0.717, 1.165) is 13.1 Å². The van der Waals surface area contributed by atoms with Gasteiger partial charge in [-0.1, -0.05) is 31.0 Å². The Morgan fingerprint density at radius 2 is 1.95 bits per heavy atom. The molecule has 0 radical (unpaired) electrons. The normalized spacial score (nSPS) is 11.2. The topological polar surface area (TPSA) is 12.0 Å². The summed E-state index contributed by atoms with van der Waals surface area (Å²) in [6.07, 6.45) is 7.60. The second kappa shape index (κ2) is 8.62. The number of nitrogens with one attached hydrogen (secondary N) is 1. The van der Waals surface area contributed by atoms with Crippen LogP contribution in [0.25, 0.3) is 10.1 Å². The van der Waals surface area contributed by atoms with E-state index in [4.69, 9.17) is 0 Å². The van der Waals surface area contributed by atoms with Crippen LogP contribution in [0.15, 0.2) is 29.6 Å². The molecule has 0 bridgehead atoms. The summed E-state index contributed by atoms with van der Waals surface area (Å²) < 4.78 is 1.40. The average Bonchev–Trinajstić information content (AvgIpc) is 2.85. The number of hydrogen-bond donors (Lipinski definition) is 1. The number of thiophene rings is 1. The van der Waals surface area contributed by atoms with Crippen LogP contribution in [-0.2, 0) is 6.54 Å². The Labute approximate surface area is 124 Å². The van der Waals surface area contributed by atoms with E-state index in [2.05, 4.69) is 41.2 Å². The van der Waals surface area contributed by atoms with Crippen molar-refractivity contribution in [3.63, 3.8) is 0 Å². The Morgan fingerprint density at radius 1 is 1.11 bits per heavy atom. The minimum atomic E-state index is 1.01. The lowest BCUT2D eigenvalue weighted by atomic mass is 10.1. The zero-order valence-corrected chi connectivity index (χ0v) is 13.3. The van der Waals surface area contributed by atoms with Gasteiger partial charge in [0, 0.05) is 11.2 Å². The first kappa shape index (κ1) is 14.9. The van der Waals surface area contributed by atoms with E-state index in [1.54, 1.807) is 0 Å². The molecule has 3 heteroatoms. The van der Waals surface area contributed by atoms with Gasteiger partial charge in [0.1, 0.15) is 0 Å². The zero-order chi connectivity index (χ0) is 13.3. The summed E-state index contributed by atoms with van der Waals surface area (Å²) in [6, 6.07) is 8.68. The van der Waals surface area contributed by atoms with Crippen LogP contribution in [0, 0.1) is 0 Å². The molecule has 1 aromatic heterocycles. The van der Waals surface area contributed by atoms with Crippen molar-refractivity contribution in [3.8, 4) is 0 Å². The molecule has 0 amide bonds. The van der Waals surface area contributed by atoms with Gasteiger partial charge in [-0.15, -0.1) is 11.3 Å². The van der Waals surface area contributed by atoms with Crippen molar-refractivity contribution in [2.24, 2.45) is 0 Å². The van der Waals surface area contributed by atoms with E-state index in [1.807, 2.05) is 23.1 Å². The summed E-state index contributed by atoms with van der Waals surface area (Å²) >= 11 is 3.80. The molecule has 19 heavy (non-hydrogen) atoms. The molecule has 0 saturated carbocycles. The van der Waals surface area contributed by atoms with Gasteiger partial charge in [-0.3, -0.25) is 0 Å². The van der Waals surface area contributed by atoms with E-state index < -0.39 is 0 Å². The first-order chi connectivity index (χ1) is 9.42. The van der Waals surface area contributed by atoms with Crippen LogP contribution in [-0.4, -0.2) is 18.6 Å². The van der Waals surface area contributed by atoms with Crippen molar-refractivity contribution in [1.82, 2.24) is 5.32 Å². The van der Waals surface area contributed by atoms with E-state index in [-0.39, 0.29) is 0 Å². The zero-order valence-electron chi connectivity index (χ0n) is 11.7. The fourth-order valence-electron chi connectivity index (χ4n) is 2.24. The Morgan fingerprint density at radius 3 is 2.84 bits per heavy atom. The maximum Gasteiger partial charge on any atom is 0.0346 e. The number of benzene rings is 1. The second-order valence-electron chi connectivity index (χ2n) is 4.84. The van der Waals surface area contributed by atoms with Crippen LogP contribution >= 0.6 is 23.1 Å². The third-order valence-corrected chi connectivity index (χ3v) is 5.04. The molecule has 1 aromatic carbocycles. The van der Waals surface area contributed by atoms with Gasteiger partial charge in [0.05, 0.1) is 0 Å². The largest absolute Gasteiger partial charge is 0.313 e. The molecule has 0 aliphatic carbocycles. The van der Waals surface area contributed by atoms with Gasteiger partial charge in [0.2, 0.25) is 0 Å². The molecular weight excluding hydrogens is 270 g/mol. The third kappa shape index (κ3) is 4.83. The van der Waals surface area contributed by atoms with E-state index in [1.165, 1.54) is 47.1 Å². The Kier molecular flexibility index (Phi) is 6.75. The van der Waals surface area contributed by atoms with Crippen molar-refractivity contribution in [3.05, 3.63) is 35.2 Å². The van der Waals surface area contributed by atoms with Gasteiger partial charge < -0.3 is 5.32 Å². The van der Waals surface area contributed by atoms with Gasteiger partial charge in [0.15, 0.2) is 0 Å². The highest BCUT2D eigenvalue weighted by Gasteiger charge is 2.02. The predicted octanol–water partition coefficient (Wildman–Crippen LogP) is 4.91. The molecule has 1 N–H and O–H groups in total. The number of fused-ring (bicyclic) bond motifs is 1. The van der Waals surface area contributed by atoms with Crippen molar-refractivity contribution in [1.29, 1.82) is 0 Å². The van der Waals surface area contributed by atoms with Crippen LogP contribution in [0.2, 0.25) is 0 Å². The number of hydrogen-bond acceptors (Lipinski definition) is 3. The molecule has 0 unspecified atom stereocenters. The van der Waals surface area contributed by atoms with Crippen LogP contribution < -0.4 is 5.32 Å². The highest BCUT2D eigenvalue weighted by atomic mass is 32.2. The summed E-state index contributed by atoms with van der Waals surface area (Å²) in [6.45, 7) is 2.15. The van der Waals surface area contributed by atoms with Gasteiger partial charge in [0.25, 0.3) is 0 Å². The SMILES string of the molecule is CSCCCCCCNCc1csc2ccccc12. The summed E-state index contributed by atoms with van der Waals surface area (Å²) in [5.74, 6) is 1.31. The molecule has 1 heterocycles. The quantitative estimate of drug-likeness (QED) is 0.659. The maximum absolute atomic E-state index is 3.57. The summed E-state index contributed by atoms with van der Waals surface area (Å²) in [7, 11) is 0. The number of thioether (sulfide) groups is 1. The van der Waals surface area contributed by atoms with Gasteiger partial charge >= 0.3 is 0 Å². The second-order valence-corrected chi connectivity index (χ2v) is 6.74. The molecule has 0 fully saturated rings. The minimum Gasteiger partial charge on any atom is -0.313 e. The molecular formula is C16H23NS2. The van der Waals surface area contributed by atoms with Gasteiger partial charge in [-0.2, -0.15) is 11.8 Å². The Balaban J connectivity index is 1.63. The monoisotopic (exact) mass is 293 g/mol. The number of unbranched alkanes of at least 4 members (excludes halogenated alkanes) is 3. The van der Waals surface area contributed by atoms with Crippen LogP contribution in [0.4, 0.5) is 0 Å². The highest BCUT2D eigenvalue weighted by molar-refractivity contribution is 7.98. The standard InChI is InChI=1S/C16H23NS2/c1-18-11-7-3-2-6-10-17-12-14-13-19-16-9-5-4-8-15(14)16/h4-5,8-9,13,17H,2-3,6-7,10-12H2,1H3. The predicted molar refractivity (Wildman–Crippen MR) is 90.4 cm³/mol. The first-order valence-corrected chi connectivity index (χ1v) is 9.34. The summed E-state index contributed by atoms with van der Waals surface area (Å²) in [4.78, 5) is 0. The molecule has 1 nitrogen and oxygen atoms in total. The van der Waals surface area contributed by atoms with Crippen molar-refractivity contribution in [2.45, 2.75) is 32.2 Å². The molecule has 0 atom stereocenters. The highest BCUT2D eigenvalue weighted by Crippen LogP contribution is 2.25. The van der Waals surface area contributed by atoms with Crippen molar-refractivity contribution >= 4 is 33.2 Å². The molecule has 2 rings (SSSR count). The van der Waals surface area contributed by atoms with Crippen molar-refractivity contribution in [2.75, 3.05) is 18.6 Å². The van der Waals surface area contributed by atoms with Crippen molar-refractivity contribution < 1.29 is 0 Å². The van der Waals surface area contributed by atoms with E-state index >= 15 is 0 Å². The fourth-order valence-corrected chi connectivity index (χ4v) is 3.70. The summed E-state index contributed by atoms with van der Waals surface area (Å²) in [5.41, 5.74) is 1.45. The molecule has 104 valence electrons.